The van der Waals surface area contributed by atoms with Crippen LogP contribution in [0.2, 0.25) is 0 Å². The van der Waals surface area contributed by atoms with Gasteiger partial charge in [-0.2, -0.15) is 0 Å². The largest absolute Gasteiger partial charge is 0.507 e. The van der Waals surface area contributed by atoms with Crippen LogP contribution in [0.1, 0.15) is 38.3 Å². The number of amides is 1. The summed E-state index contributed by atoms with van der Waals surface area (Å²) >= 11 is 1.57. The number of carbonyl (C=O) groups is 5. The number of aromatic hydroxyl groups is 1. The molecule has 0 saturated heterocycles. The summed E-state index contributed by atoms with van der Waals surface area (Å²) in [5, 5.41) is 24.2. The number of nitrogens with two attached hydrogens (primary N) is 1. The summed E-state index contributed by atoms with van der Waals surface area (Å²) in [6.45, 7) is 1.99. The highest BCUT2D eigenvalue weighted by atomic mass is 32.1. The number of fused-ring (bicyclic) bond motifs is 3. The van der Waals surface area contributed by atoms with Gasteiger partial charge in [0.15, 0.2) is 34.7 Å². The Bertz CT molecular complexity index is 1440. The van der Waals surface area contributed by atoms with Crippen LogP contribution in [0.3, 0.4) is 0 Å². The Hall–Kier alpha value is -3.47. The standard InChI is InChI=1S/C28H28N2O7S/c1-12-8-9-38-18(12)7-5-13-4-6-17(31)20-15(13)10-14-11-16-22(30(2)3)24(33)21(27(29)36)26(35)28(16,37)25(34)19(14)23(20)32/h4-9,14,16,19,21-22,31,37H,10-11H2,1-3H3,(H2,29,36)/t14-,16-,19?,21?,22-,28-/m0/s1. The van der Waals surface area contributed by atoms with Gasteiger partial charge >= 0.3 is 0 Å². The molecule has 38 heavy (non-hydrogen) atoms. The molecule has 2 aromatic rings. The first kappa shape index (κ1) is 26.1. The van der Waals surface area contributed by atoms with E-state index in [0.29, 0.717) is 11.1 Å². The monoisotopic (exact) mass is 536 g/mol. The highest BCUT2D eigenvalue weighted by Crippen LogP contribution is 2.51. The topological polar surface area (TPSA) is 155 Å². The minimum absolute atomic E-state index is 0.0124. The van der Waals surface area contributed by atoms with Crippen molar-refractivity contribution in [2.24, 2.45) is 29.4 Å². The summed E-state index contributed by atoms with van der Waals surface area (Å²) in [5.74, 6) is -10.4. The Morgan fingerprint density at radius 3 is 2.45 bits per heavy atom. The first-order chi connectivity index (χ1) is 17.9. The Labute approximate surface area is 222 Å². The van der Waals surface area contributed by atoms with Gasteiger partial charge in [-0.25, -0.2) is 0 Å². The number of rotatable bonds is 4. The van der Waals surface area contributed by atoms with Gasteiger partial charge in [0.25, 0.3) is 0 Å². The van der Waals surface area contributed by atoms with E-state index in [1.54, 1.807) is 31.5 Å². The third kappa shape index (κ3) is 3.62. The third-order valence-corrected chi connectivity index (χ3v) is 9.28. The van der Waals surface area contributed by atoms with Gasteiger partial charge in [0, 0.05) is 10.8 Å². The van der Waals surface area contributed by atoms with Crippen molar-refractivity contribution < 1.29 is 34.2 Å². The summed E-state index contributed by atoms with van der Waals surface area (Å²) in [6.07, 6.45) is 4.04. The van der Waals surface area contributed by atoms with Crippen LogP contribution in [0.15, 0.2) is 23.6 Å². The molecule has 3 aliphatic rings. The first-order valence-corrected chi connectivity index (χ1v) is 13.2. The second kappa shape index (κ2) is 9.07. The number of carbonyl (C=O) groups excluding carboxylic acids is 5. The zero-order valence-electron chi connectivity index (χ0n) is 21.1. The van der Waals surface area contributed by atoms with E-state index in [9.17, 15) is 34.2 Å². The van der Waals surface area contributed by atoms with Gasteiger partial charge in [-0.3, -0.25) is 28.9 Å². The SMILES string of the molecule is Cc1ccsc1C=Cc1ccc(O)c2c1C[C@H]1C[C@H]3[C@H](N(C)C)C(=O)C(C(N)=O)C(=O)[C@@]3(O)C(=O)C1C2=O. The van der Waals surface area contributed by atoms with Crippen molar-refractivity contribution in [3.05, 3.63) is 50.7 Å². The zero-order chi connectivity index (χ0) is 27.7. The summed E-state index contributed by atoms with van der Waals surface area (Å²) in [4.78, 5) is 68.6. The summed E-state index contributed by atoms with van der Waals surface area (Å²) in [7, 11) is 3.12. The van der Waals surface area contributed by atoms with Crippen LogP contribution in [0.4, 0.5) is 0 Å². The number of ketones is 4. The molecule has 0 bridgehead atoms. The molecule has 0 spiro atoms. The average molecular weight is 537 g/mol. The molecule has 0 radical (unpaired) electrons. The molecule has 6 atom stereocenters. The number of phenolic OH excluding ortho intramolecular Hbond substituents is 1. The molecule has 9 nitrogen and oxygen atoms in total. The second-order valence-corrected chi connectivity index (χ2v) is 11.6. The number of primary amides is 1. The van der Waals surface area contributed by atoms with Crippen molar-refractivity contribution in [1.29, 1.82) is 0 Å². The van der Waals surface area contributed by atoms with Gasteiger partial charge in [0.2, 0.25) is 5.91 Å². The van der Waals surface area contributed by atoms with E-state index < -0.39 is 64.4 Å². The van der Waals surface area contributed by atoms with E-state index in [1.165, 1.54) is 11.0 Å². The summed E-state index contributed by atoms with van der Waals surface area (Å²) in [5.41, 5.74) is 4.99. The fraction of sp³-hybridized carbons (Fsp3) is 0.393. The summed E-state index contributed by atoms with van der Waals surface area (Å²) < 4.78 is 0. The van der Waals surface area contributed by atoms with Crippen molar-refractivity contribution in [2.45, 2.75) is 31.4 Å². The number of aryl methyl sites for hydroxylation is 1. The van der Waals surface area contributed by atoms with Gasteiger partial charge < -0.3 is 15.9 Å². The molecular weight excluding hydrogens is 508 g/mol. The molecular formula is C28H28N2O7S. The molecule has 1 amide bonds. The van der Waals surface area contributed by atoms with Crippen LogP contribution in [0, 0.1) is 30.6 Å². The van der Waals surface area contributed by atoms with E-state index in [-0.39, 0.29) is 24.2 Å². The van der Waals surface area contributed by atoms with Crippen LogP contribution >= 0.6 is 11.3 Å². The third-order valence-electron chi connectivity index (χ3n) is 8.30. The van der Waals surface area contributed by atoms with E-state index in [0.717, 1.165) is 10.4 Å². The molecule has 1 heterocycles. The van der Waals surface area contributed by atoms with Crippen molar-refractivity contribution in [3.8, 4) is 5.75 Å². The van der Waals surface area contributed by atoms with Crippen LogP contribution in [0.5, 0.6) is 5.75 Å². The lowest BCUT2D eigenvalue weighted by Gasteiger charge is -2.52. The maximum absolute atomic E-state index is 13.8. The Morgan fingerprint density at radius 1 is 1.13 bits per heavy atom. The van der Waals surface area contributed by atoms with E-state index in [1.807, 2.05) is 30.5 Å². The maximum Gasteiger partial charge on any atom is 0.235 e. The fourth-order valence-corrected chi connectivity index (χ4v) is 7.32. The van der Waals surface area contributed by atoms with Crippen molar-refractivity contribution in [3.63, 3.8) is 0 Å². The molecule has 5 rings (SSSR count). The molecule has 3 aliphatic carbocycles. The lowest BCUT2D eigenvalue weighted by atomic mass is 9.52. The molecule has 2 fully saturated rings. The van der Waals surface area contributed by atoms with Crippen LogP contribution in [0.25, 0.3) is 12.2 Å². The number of thiophene rings is 1. The quantitative estimate of drug-likeness (QED) is 0.496. The minimum Gasteiger partial charge on any atom is -0.507 e. The van der Waals surface area contributed by atoms with E-state index >= 15 is 0 Å². The zero-order valence-corrected chi connectivity index (χ0v) is 22.0. The lowest BCUT2D eigenvalue weighted by Crippen LogP contribution is -2.74. The number of benzene rings is 1. The van der Waals surface area contributed by atoms with Crippen LogP contribution in [-0.4, -0.2) is 69.9 Å². The van der Waals surface area contributed by atoms with Crippen molar-refractivity contribution in [2.75, 3.05) is 14.1 Å². The molecule has 2 saturated carbocycles. The fourth-order valence-electron chi connectivity index (χ4n) is 6.51. The normalized spacial score (nSPS) is 30.9. The second-order valence-electron chi connectivity index (χ2n) is 10.6. The van der Waals surface area contributed by atoms with Crippen LogP contribution < -0.4 is 5.73 Å². The molecule has 4 N–H and O–H groups in total. The molecule has 0 aliphatic heterocycles. The highest BCUT2D eigenvalue weighted by molar-refractivity contribution is 7.11. The number of Topliss-reactive ketones (excluding diaryl/α,β-unsaturated/α-hetero) is 4. The van der Waals surface area contributed by atoms with Gasteiger partial charge in [-0.1, -0.05) is 12.1 Å². The van der Waals surface area contributed by atoms with Crippen molar-refractivity contribution >= 4 is 52.5 Å². The number of nitrogens with zero attached hydrogens (tertiary/aromatic N) is 1. The van der Waals surface area contributed by atoms with Gasteiger partial charge in [0.1, 0.15) is 5.75 Å². The molecule has 1 aromatic carbocycles. The highest BCUT2D eigenvalue weighted by Gasteiger charge is 2.69. The van der Waals surface area contributed by atoms with Crippen molar-refractivity contribution in [1.82, 2.24) is 4.90 Å². The Balaban J connectivity index is 1.61. The smallest absolute Gasteiger partial charge is 0.235 e. The molecule has 10 heteroatoms. The van der Waals surface area contributed by atoms with E-state index in [2.05, 4.69) is 0 Å². The predicted octanol–water partition coefficient (Wildman–Crippen LogP) is 1.41. The Kier molecular flexibility index (Phi) is 6.24. The maximum atomic E-state index is 13.8. The number of aliphatic hydroxyl groups is 1. The Morgan fingerprint density at radius 2 is 1.84 bits per heavy atom. The number of hydrogen-bond donors (Lipinski definition) is 3. The van der Waals surface area contributed by atoms with Gasteiger partial charge in [-0.05, 0) is 80.1 Å². The average Bonchev–Trinajstić information content (AvgIpc) is 3.25. The number of hydrogen-bond acceptors (Lipinski definition) is 9. The van der Waals surface area contributed by atoms with E-state index in [4.69, 9.17) is 5.73 Å². The van der Waals surface area contributed by atoms with Gasteiger partial charge in [-0.15, -0.1) is 11.3 Å². The minimum atomic E-state index is -2.72. The summed E-state index contributed by atoms with van der Waals surface area (Å²) in [6, 6.07) is 3.96. The van der Waals surface area contributed by atoms with Crippen LogP contribution in [-0.2, 0) is 25.6 Å². The molecule has 198 valence electrons. The predicted molar refractivity (Wildman–Crippen MR) is 139 cm³/mol. The number of phenols is 1. The molecule has 2 unspecified atom stereocenters. The lowest BCUT2D eigenvalue weighted by molar-refractivity contribution is -0.181. The number of likely N-dealkylation sites (N-methyl/N-ethyl adjacent to an activating group) is 1. The first-order valence-electron chi connectivity index (χ1n) is 12.3. The molecule has 1 aromatic heterocycles. The van der Waals surface area contributed by atoms with Gasteiger partial charge in [0.05, 0.1) is 17.5 Å².